The fraction of sp³-hybridized carbons (Fsp3) is 0.500. The predicted octanol–water partition coefficient (Wildman–Crippen LogP) is 2.19. The number of benzene rings is 1. The number of aliphatic hydroxyl groups is 1. The van der Waals surface area contributed by atoms with E-state index in [-0.39, 0.29) is 11.9 Å². The lowest BCUT2D eigenvalue weighted by atomic mass is 10.3. The van der Waals surface area contributed by atoms with Gasteiger partial charge in [0.2, 0.25) is 0 Å². The van der Waals surface area contributed by atoms with Gasteiger partial charge in [-0.3, -0.25) is 0 Å². The number of aliphatic hydroxyl groups excluding tert-OH is 1. The van der Waals surface area contributed by atoms with E-state index in [4.69, 9.17) is 14.6 Å². The van der Waals surface area contributed by atoms with Crippen LogP contribution in [0.1, 0.15) is 6.92 Å². The fourth-order valence-corrected chi connectivity index (χ4v) is 1.82. The normalized spacial score (nSPS) is 12.2. The van der Waals surface area contributed by atoms with Crippen LogP contribution in [0.5, 0.6) is 11.5 Å². The molecular formula is C12H18O3S. The summed E-state index contributed by atoms with van der Waals surface area (Å²) in [6, 6.07) is 7.52. The summed E-state index contributed by atoms with van der Waals surface area (Å²) in [5, 5.41) is 9.11. The molecule has 1 unspecified atom stereocenters. The molecule has 1 N–H and O–H groups in total. The van der Waals surface area contributed by atoms with E-state index in [1.165, 1.54) is 0 Å². The first-order valence-electron chi connectivity index (χ1n) is 5.25. The minimum atomic E-state index is 0.215. The van der Waals surface area contributed by atoms with Crippen molar-refractivity contribution in [2.75, 3.05) is 26.1 Å². The molecule has 0 saturated carbocycles. The van der Waals surface area contributed by atoms with Gasteiger partial charge in [0.1, 0.15) is 11.5 Å². The van der Waals surface area contributed by atoms with Crippen LogP contribution in [0.3, 0.4) is 0 Å². The van der Waals surface area contributed by atoms with Crippen molar-refractivity contribution in [3.63, 3.8) is 0 Å². The molecule has 0 aliphatic rings. The lowest BCUT2D eigenvalue weighted by Crippen LogP contribution is -2.07. The predicted molar refractivity (Wildman–Crippen MR) is 67.5 cm³/mol. The summed E-state index contributed by atoms with van der Waals surface area (Å²) in [6.45, 7) is 2.87. The molecule has 0 amide bonds. The summed E-state index contributed by atoms with van der Waals surface area (Å²) in [4.78, 5) is 0. The molecule has 1 rings (SSSR count). The van der Waals surface area contributed by atoms with Gasteiger partial charge in [0.25, 0.3) is 0 Å². The maximum absolute atomic E-state index is 8.83. The molecule has 0 aliphatic heterocycles. The Morgan fingerprint density at radius 3 is 2.44 bits per heavy atom. The van der Waals surface area contributed by atoms with Crippen molar-refractivity contribution in [1.29, 1.82) is 0 Å². The van der Waals surface area contributed by atoms with Crippen LogP contribution in [-0.4, -0.2) is 36.4 Å². The Bertz CT molecular complexity index is 287. The Morgan fingerprint density at radius 2 is 1.88 bits per heavy atom. The first kappa shape index (κ1) is 13.2. The van der Waals surface area contributed by atoms with Crippen LogP contribution in [0, 0.1) is 0 Å². The molecular weight excluding hydrogens is 224 g/mol. The summed E-state index contributed by atoms with van der Waals surface area (Å²) in [5.74, 6) is 2.56. The van der Waals surface area contributed by atoms with Gasteiger partial charge in [0, 0.05) is 11.0 Å². The van der Waals surface area contributed by atoms with Crippen LogP contribution < -0.4 is 9.47 Å². The van der Waals surface area contributed by atoms with Gasteiger partial charge in [-0.2, -0.15) is 11.8 Å². The smallest absolute Gasteiger partial charge is 0.119 e. The second-order valence-corrected chi connectivity index (χ2v) is 4.93. The molecule has 0 fully saturated rings. The minimum absolute atomic E-state index is 0.215. The Balaban J connectivity index is 2.21. The Hall–Kier alpha value is -0.870. The molecule has 16 heavy (non-hydrogen) atoms. The third kappa shape index (κ3) is 4.77. The van der Waals surface area contributed by atoms with Gasteiger partial charge in [-0.15, -0.1) is 0 Å². The number of rotatable bonds is 7. The number of hydrogen-bond donors (Lipinski definition) is 1. The molecule has 0 heterocycles. The van der Waals surface area contributed by atoms with Gasteiger partial charge in [-0.25, -0.2) is 0 Å². The third-order valence-electron chi connectivity index (χ3n) is 2.07. The van der Waals surface area contributed by atoms with E-state index in [1.54, 1.807) is 18.9 Å². The van der Waals surface area contributed by atoms with Gasteiger partial charge < -0.3 is 14.6 Å². The molecule has 1 atom stereocenters. The Labute approximate surface area is 101 Å². The van der Waals surface area contributed by atoms with Gasteiger partial charge in [-0.1, -0.05) is 6.92 Å². The molecule has 0 aromatic heterocycles. The highest BCUT2D eigenvalue weighted by Gasteiger charge is 2.00. The second-order valence-electron chi connectivity index (χ2n) is 3.39. The summed E-state index contributed by atoms with van der Waals surface area (Å²) in [7, 11) is 1.64. The summed E-state index contributed by atoms with van der Waals surface area (Å²) in [5.41, 5.74) is 0. The summed E-state index contributed by atoms with van der Waals surface area (Å²) < 4.78 is 10.6. The van der Waals surface area contributed by atoms with Crippen molar-refractivity contribution >= 4 is 11.8 Å². The molecule has 90 valence electrons. The average molecular weight is 242 g/mol. The quantitative estimate of drug-likeness (QED) is 0.744. The zero-order valence-corrected chi connectivity index (χ0v) is 10.5. The maximum atomic E-state index is 8.83. The van der Waals surface area contributed by atoms with Crippen molar-refractivity contribution in [3.05, 3.63) is 24.3 Å². The largest absolute Gasteiger partial charge is 0.497 e. The van der Waals surface area contributed by atoms with Crippen molar-refractivity contribution < 1.29 is 14.6 Å². The Morgan fingerprint density at radius 1 is 1.25 bits per heavy atom. The lowest BCUT2D eigenvalue weighted by Gasteiger charge is -2.09. The van der Waals surface area contributed by atoms with Gasteiger partial charge in [0.05, 0.1) is 20.3 Å². The highest BCUT2D eigenvalue weighted by atomic mass is 32.2. The SMILES string of the molecule is COc1ccc(OCCSC(C)CO)cc1. The molecule has 0 aliphatic carbocycles. The van der Waals surface area contributed by atoms with Crippen LogP contribution in [0.25, 0.3) is 0 Å². The monoisotopic (exact) mass is 242 g/mol. The number of hydrogen-bond acceptors (Lipinski definition) is 4. The van der Waals surface area contributed by atoms with Crippen molar-refractivity contribution in [1.82, 2.24) is 0 Å². The van der Waals surface area contributed by atoms with Gasteiger partial charge in [0.15, 0.2) is 0 Å². The maximum Gasteiger partial charge on any atom is 0.119 e. The summed E-state index contributed by atoms with van der Waals surface area (Å²) >= 11 is 1.70. The molecule has 1 aromatic carbocycles. The van der Waals surface area contributed by atoms with Gasteiger partial charge >= 0.3 is 0 Å². The zero-order valence-electron chi connectivity index (χ0n) is 9.68. The highest BCUT2D eigenvalue weighted by Crippen LogP contribution is 2.17. The minimum Gasteiger partial charge on any atom is -0.497 e. The highest BCUT2D eigenvalue weighted by molar-refractivity contribution is 7.99. The molecule has 0 radical (unpaired) electrons. The second kappa shape index (κ2) is 7.41. The molecule has 1 aromatic rings. The third-order valence-corrected chi connectivity index (χ3v) is 3.19. The average Bonchev–Trinajstić information content (AvgIpc) is 2.35. The van der Waals surface area contributed by atoms with E-state index >= 15 is 0 Å². The van der Waals surface area contributed by atoms with Crippen molar-refractivity contribution in [2.45, 2.75) is 12.2 Å². The van der Waals surface area contributed by atoms with E-state index < -0.39 is 0 Å². The number of thioether (sulfide) groups is 1. The fourth-order valence-electron chi connectivity index (χ4n) is 1.13. The van der Waals surface area contributed by atoms with Crippen LogP contribution in [0.2, 0.25) is 0 Å². The number of methoxy groups -OCH3 is 1. The van der Waals surface area contributed by atoms with Crippen LogP contribution in [0.15, 0.2) is 24.3 Å². The van der Waals surface area contributed by atoms with E-state index in [9.17, 15) is 0 Å². The molecule has 0 spiro atoms. The van der Waals surface area contributed by atoms with E-state index in [2.05, 4.69) is 0 Å². The summed E-state index contributed by atoms with van der Waals surface area (Å²) in [6.07, 6.45) is 0. The van der Waals surface area contributed by atoms with Crippen molar-refractivity contribution in [3.8, 4) is 11.5 Å². The zero-order chi connectivity index (χ0) is 11.8. The molecule has 3 nitrogen and oxygen atoms in total. The van der Waals surface area contributed by atoms with Crippen LogP contribution in [-0.2, 0) is 0 Å². The van der Waals surface area contributed by atoms with Gasteiger partial charge in [-0.05, 0) is 24.3 Å². The first-order valence-corrected chi connectivity index (χ1v) is 6.30. The number of ether oxygens (including phenoxy) is 2. The van der Waals surface area contributed by atoms with E-state index in [0.29, 0.717) is 6.61 Å². The Kier molecular flexibility index (Phi) is 6.11. The van der Waals surface area contributed by atoms with Crippen LogP contribution >= 0.6 is 11.8 Å². The topological polar surface area (TPSA) is 38.7 Å². The standard InChI is InChI=1S/C12H18O3S/c1-10(9-13)16-8-7-15-12-5-3-11(14-2)4-6-12/h3-6,10,13H,7-9H2,1-2H3. The molecule has 0 saturated heterocycles. The lowest BCUT2D eigenvalue weighted by molar-refractivity contribution is 0.299. The van der Waals surface area contributed by atoms with Crippen LogP contribution in [0.4, 0.5) is 0 Å². The molecule has 0 bridgehead atoms. The first-order chi connectivity index (χ1) is 7.76. The van der Waals surface area contributed by atoms with E-state index in [0.717, 1.165) is 17.3 Å². The van der Waals surface area contributed by atoms with Crippen molar-refractivity contribution in [2.24, 2.45) is 0 Å². The molecule has 4 heteroatoms. The van der Waals surface area contributed by atoms with E-state index in [1.807, 2.05) is 31.2 Å².